The lowest BCUT2D eigenvalue weighted by atomic mass is 9.88. The maximum Gasteiger partial charge on any atom is 0.193 e. The van der Waals surface area contributed by atoms with Crippen LogP contribution in [0.5, 0.6) is 0 Å². The summed E-state index contributed by atoms with van der Waals surface area (Å²) in [5.41, 5.74) is 11.2. The van der Waals surface area contributed by atoms with Crippen LogP contribution in [-0.2, 0) is 17.6 Å². The Morgan fingerprint density at radius 2 is 1.67 bits per heavy atom. The van der Waals surface area contributed by atoms with Gasteiger partial charge < -0.3 is 21.1 Å². The van der Waals surface area contributed by atoms with Crippen LogP contribution in [0.1, 0.15) is 56.3 Å². The van der Waals surface area contributed by atoms with Gasteiger partial charge in [0.2, 0.25) is 0 Å². The zero-order valence-corrected chi connectivity index (χ0v) is 18.6. The number of hydrogen-bond acceptors (Lipinski definition) is 3. The van der Waals surface area contributed by atoms with Crippen molar-refractivity contribution in [1.82, 2.24) is 5.32 Å². The van der Waals surface area contributed by atoms with Gasteiger partial charge >= 0.3 is 0 Å². The third kappa shape index (κ3) is 5.61. The van der Waals surface area contributed by atoms with Gasteiger partial charge in [-0.25, -0.2) is 0 Å². The third-order valence-corrected chi connectivity index (χ3v) is 6.08. The van der Waals surface area contributed by atoms with Gasteiger partial charge in [0.05, 0.1) is 6.54 Å². The molecule has 0 aromatic heterocycles. The molecule has 1 aliphatic heterocycles. The molecule has 0 radical (unpaired) electrons. The Morgan fingerprint density at radius 3 is 2.27 bits per heavy atom. The van der Waals surface area contributed by atoms with Gasteiger partial charge in [0.25, 0.3) is 0 Å². The molecule has 0 spiro atoms. The number of guanidine groups is 1. The minimum atomic E-state index is -0.113. The van der Waals surface area contributed by atoms with Crippen LogP contribution >= 0.6 is 0 Å². The summed E-state index contributed by atoms with van der Waals surface area (Å²) in [6.07, 6.45) is 3.77. The van der Waals surface area contributed by atoms with Gasteiger partial charge in [0, 0.05) is 30.5 Å². The predicted octanol–water partition coefficient (Wildman–Crippen LogP) is 4.44. The van der Waals surface area contributed by atoms with Crippen LogP contribution in [-0.4, -0.2) is 31.3 Å². The van der Waals surface area contributed by atoms with E-state index >= 15 is 0 Å². The van der Waals surface area contributed by atoms with Crippen molar-refractivity contribution < 1.29 is 4.74 Å². The molecule has 5 nitrogen and oxygen atoms in total. The molecule has 5 heteroatoms. The van der Waals surface area contributed by atoms with Crippen molar-refractivity contribution >= 4 is 11.6 Å². The van der Waals surface area contributed by atoms with E-state index in [9.17, 15) is 0 Å². The number of benzene rings is 2. The van der Waals surface area contributed by atoms with Crippen LogP contribution in [0, 0.1) is 0 Å². The third-order valence-electron chi connectivity index (χ3n) is 6.08. The molecule has 1 unspecified atom stereocenters. The number of para-hydroxylation sites is 1. The number of aliphatic imine (C=N–C) groups is 1. The molecule has 30 heavy (non-hydrogen) atoms. The molecule has 1 atom stereocenters. The van der Waals surface area contributed by atoms with E-state index in [2.05, 4.69) is 79.9 Å². The van der Waals surface area contributed by atoms with Crippen molar-refractivity contribution in [2.75, 3.05) is 25.1 Å². The summed E-state index contributed by atoms with van der Waals surface area (Å²) < 4.78 is 5.64. The second-order valence-electron chi connectivity index (χ2n) is 8.15. The second-order valence-corrected chi connectivity index (χ2v) is 8.15. The molecule has 2 aromatic carbocycles. The summed E-state index contributed by atoms with van der Waals surface area (Å²) in [4.78, 5) is 4.78. The van der Waals surface area contributed by atoms with Crippen LogP contribution in [0.15, 0.2) is 53.5 Å². The minimum absolute atomic E-state index is 0.113. The van der Waals surface area contributed by atoms with Crippen molar-refractivity contribution in [3.63, 3.8) is 0 Å². The van der Waals surface area contributed by atoms with Gasteiger partial charge in [0.15, 0.2) is 5.96 Å². The number of nitrogens with zero attached hydrogens (tertiary/aromatic N) is 1. The van der Waals surface area contributed by atoms with Crippen molar-refractivity contribution in [3.8, 4) is 0 Å². The number of anilines is 1. The van der Waals surface area contributed by atoms with E-state index in [1.807, 2.05) is 0 Å². The van der Waals surface area contributed by atoms with E-state index in [1.165, 1.54) is 16.7 Å². The highest BCUT2D eigenvalue weighted by molar-refractivity contribution is 5.93. The van der Waals surface area contributed by atoms with E-state index in [-0.39, 0.29) is 11.6 Å². The first-order chi connectivity index (χ1) is 14.6. The molecule has 4 N–H and O–H groups in total. The minimum Gasteiger partial charge on any atom is -0.381 e. The number of nitrogens with one attached hydrogen (secondary N) is 2. The molecule has 2 aromatic rings. The summed E-state index contributed by atoms with van der Waals surface area (Å²) in [5, 5.41) is 7.23. The molecular formula is C25H36N4O. The summed E-state index contributed by atoms with van der Waals surface area (Å²) in [7, 11) is 0. The normalized spacial score (nSPS) is 17.5. The lowest BCUT2D eigenvalue weighted by molar-refractivity contribution is 0.0375. The Balaban J connectivity index is 1.75. The van der Waals surface area contributed by atoms with Crippen LogP contribution in [0.25, 0.3) is 0 Å². The first-order valence-electron chi connectivity index (χ1n) is 11.1. The molecule has 0 saturated carbocycles. The van der Waals surface area contributed by atoms with Crippen LogP contribution in [0.3, 0.4) is 0 Å². The molecule has 1 saturated heterocycles. The second kappa shape index (κ2) is 10.6. The zero-order chi connectivity index (χ0) is 21.4. The molecule has 0 bridgehead atoms. The van der Waals surface area contributed by atoms with Crippen molar-refractivity contribution in [2.24, 2.45) is 10.7 Å². The predicted molar refractivity (Wildman–Crippen MR) is 126 cm³/mol. The largest absolute Gasteiger partial charge is 0.381 e. The molecule has 1 aliphatic rings. The van der Waals surface area contributed by atoms with Gasteiger partial charge in [-0.15, -0.1) is 0 Å². The first-order valence-corrected chi connectivity index (χ1v) is 11.1. The van der Waals surface area contributed by atoms with Crippen molar-refractivity contribution in [1.29, 1.82) is 0 Å². The van der Waals surface area contributed by atoms with E-state index < -0.39 is 0 Å². The van der Waals surface area contributed by atoms with E-state index in [0.29, 0.717) is 12.5 Å². The molecular weight excluding hydrogens is 372 g/mol. The fourth-order valence-electron chi connectivity index (χ4n) is 4.20. The van der Waals surface area contributed by atoms with Gasteiger partial charge in [-0.1, -0.05) is 62.4 Å². The van der Waals surface area contributed by atoms with Crippen molar-refractivity contribution in [2.45, 2.75) is 58.0 Å². The first kappa shape index (κ1) is 22.3. The Bertz CT molecular complexity index is 806. The Kier molecular flexibility index (Phi) is 7.88. The maximum absolute atomic E-state index is 6.35. The Labute approximate surface area is 181 Å². The van der Waals surface area contributed by atoms with Crippen LogP contribution in [0.2, 0.25) is 0 Å². The fourth-order valence-corrected chi connectivity index (χ4v) is 4.20. The van der Waals surface area contributed by atoms with Crippen LogP contribution in [0.4, 0.5) is 5.69 Å². The number of rotatable bonds is 8. The molecule has 1 fully saturated rings. The summed E-state index contributed by atoms with van der Waals surface area (Å²) in [5.74, 6) is 0.477. The zero-order valence-electron chi connectivity index (χ0n) is 18.6. The van der Waals surface area contributed by atoms with Gasteiger partial charge in [-0.05, 0) is 49.3 Å². The number of nitrogens with two attached hydrogens (primary N) is 1. The van der Waals surface area contributed by atoms with E-state index in [4.69, 9.17) is 15.5 Å². The standard InChI is InChI=1S/C25H36N4O/c1-4-20-12-9-13-21(5-2)23(20)28-24(26)27-18-25(14-16-30-17-15-25)29-19(3)22-10-7-6-8-11-22/h6-13,19,29H,4-5,14-18H2,1-3H3,(H3,26,27,28). The molecule has 162 valence electrons. The Hall–Kier alpha value is -2.37. The highest BCUT2D eigenvalue weighted by Gasteiger charge is 2.34. The smallest absolute Gasteiger partial charge is 0.193 e. The number of ether oxygens (including phenoxy) is 1. The molecule has 1 heterocycles. The quantitative estimate of drug-likeness (QED) is 0.446. The topological polar surface area (TPSA) is 71.7 Å². The average Bonchev–Trinajstić information content (AvgIpc) is 2.79. The lowest BCUT2D eigenvalue weighted by Gasteiger charge is -2.39. The molecule has 3 rings (SSSR count). The SMILES string of the molecule is CCc1cccc(CC)c1NC(N)=NCC1(NC(C)c2ccccc2)CCOCC1. The summed E-state index contributed by atoms with van der Waals surface area (Å²) in [6.45, 7) is 8.66. The average molecular weight is 409 g/mol. The van der Waals surface area contributed by atoms with Gasteiger partial charge in [0.1, 0.15) is 0 Å². The fraction of sp³-hybridized carbons (Fsp3) is 0.480. The van der Waals surface area contributed by atoms with Crippen molar-refractivity contribution in [3.05, 3.63) is 65.2 Å². The summed E-state index contributed by atoms with van der Waals surface area (Å²) >= 11 is 0. The molecule has 0 amide bonds. The number of hydrogen-bond donors (Lipinski definition) is 3. The summed E-state index contributed by atoms with van der Waals surface area (Å²) in [6, 6.07) is 17.2. The highest BCUT2D eigenvalue weighted by Crippen LogP contribution is 2.26. The molecule has 0 aliphatic carbocycles. The van der Waals surface area contributed by atoms with E-state index in [1.54, 1.807) is 0 Å². The lowest BCUT2D eigenvalue weighted by Crippen LogP contribution is -2.53. The maximum atomic E-state index is 6.35. The monoisotopic (exact) mass is 408 g/mol. The number of aryl methyl sites for hydroxylation is 2. The van der Waals surface area contributed by atoms with Gasteiger partial charge in [-0.3, -0.25) is 4.99 Å². The highest BCUT2D eigenvalue weighted by atomic mass is 16.5. The van der Waals surface area contributed by atoms with E-state index in [0.717, 1.165) is 44.6 Å². The Morgan fingerprint density at radius 1 is 1.03 bits per heavy atom. The van der Waals surface area contributed by atoms with Gasteiger partial charge in [-0.2, -0.15) is 0 Å². The van der Waals surface area contributed by atoms with Crippen LogP contribution < -0.4 is 16.4 Å².